The average molecular weight is 560 g/mol. The third-order valence-electron chi connectivity index (χ3n) is 4.03. The molecular formula is C20H22ClF4N3O7S. The van der Waals surface area contributed by atoms with E-state index in [1.807, 2.05) is 0 Å². The van der Waals surface area contributed by atoms with Gasteiger partial charge in [0.15, 0.2) is 5.69 Å². The molecule has 1 aromatic heterocycles. The molecule has 0 radical (unpaired) electrons. The fraction of sp³-hybridized carbons (Fsp3) is 0.450. The summed E-state index contributed by atoms with van der Waals surface area (Å²) in [6.45, 7) is 5.37. The number of halogens is 5. The van der Waals surface area contributed by atoms with E-state index in [0.717, 1.165) is 22.9 Å². The van der Waals surface area contributed by atoms with Gasteiger partial charge in [-0.05, 0) is 45.9 Å². The van der Waals surface area contributed by atoms with Crippen LogP contribution >= 0.6 is 11.6 Å². The number of carbonyl (C=O) groups is 2. The summed E-state index contributed by atoms with van der Waals surface area (Å²) in [6.07, 6.45) is -0.842. The van der Waals surface area contributed by atoms with Crippen molar-refractivity contribution in [3.63, 3.8) is 0 Å². The molecule has 0 fully saturated rings. The number of amides is 1. The van der Waals surface area contributed by atoms with Crippen LogP contribution < -0.4 is 9.50 Å². The average Bonchev–Trinajstić information content (AvgIpc) is 3.03. The van der Waals surface area contributed by atoms with Gasteiger partial charge >= 0.3 is 27.7 Å². The standard InChI is InChI=1S/C20H22ClF4N3O7S/c1-5-33-17(29)15-16(35-36(31,32)20(23,24)25)14(12-7-6-11(22)10-13(12)21)27-28(15)9-8-26-18(30)34-19(2,3)4/h6-7,10H,5,8-9H2,1-4H3,(H,26,30). The molecule has 0 saturated heterocycles. The molecule has 1 heterocycles. The Balaban J connectivity index is 2.63. The molecule has 0 spiro atoms. The number of ether oxygens (including phenoxy) is 2. The third-order valence-corrected chi connectivity index (χ3v) is 5.30. The maximum Gasteiger partial charge on any atom is 0.534 e. The van der Waals surface area contributed by atoms with E-state index in [1.54, 1.807) is 20.8 Å². The summed E-state index contributed by atoms with van der Waals surface area (Å²) in [5.74, 6) is -3.23. The van der Waals surface area contributed by atoms with E-state index in [2.05, 4.69) is 14.6 Å². The minimum atomic E-state index is -6.28. The van der Waals surface area contributed by atoms with Crippen molar-refractivity contribution < 1.29 is 49.2 Å². The van der Waals surface area contributed by atoms with Crippen LogP contribution in [-0.4, -0.2) is 54.5 Å². The first-order chi connectivity index (χ1) is 16.5. The fourth-order valence-electron chi connectivity index (χ4n) is 2.68. The van der Waals surface area contributed by atoms with Gasteiger partial charge in [-0.2, -0.15) is 26.7 Å². The lowest BCUT2D eigenvalue weighted by molar-refractivity contribution is -0.0500. The first-order valence-electron chi connectivity index (χ1n) is 10.2. The van der Waals surface area contributed by atoms with Crippen molar-refractivity contribution in [2.24, 2.45) is 0 Å². The van der Waals surface area contributed by atoms with Gasteiger partial charge in [0, 0.05) is 12.1 Å². The van der Waals surface area contributed by atoms with E-state index in [0.29, 0.717) is 0 Å². The first-order valence-corrected chi connectivity index (χ1v) is 12.0. The number of benzene rings is 1. The van der Waals surface area contributed by atoms with Crippen LogP contribution in [0.1, 0.15) is 38.2 Å². The molecule has 0 bridgehead atoms. The van der Waals surface area contributed by atoms with E-state index in [1.165, 1.54) is 6.92 Å². The molecule has 2 rings (SSSR count). The number of nitrogens with one attached hydrogen (secondary N) is 1. The van der Waals surface area contributed by atoms with E-state index >= 15 is 0 Å². The third kappa shape index (κ3) is 7.22. The summed E-state index contributed by atoms with van der Waals surface area (Å²) >= 11 is 6.00. The Labute approximate surface area is 208 Å². The summed E-state index contributed by atoms with van der Waals surface area (Å²) in [5, 5.41) is 5.96. The molecule has 10 nitrogen and oxygen atoms in total. The highest BCUT2D eigenvalue weighted by Gasteiger charge is 2.50. The van der Waals surface area contributed by atoms with Crippen molar-refractivity contribution in [1.82, 2.24) is 15.1 Å². The van der Waals surface area contributed by atoms with Crippen molar-refractivity contribution in [2.45, 2.75) is 45.3 Å². The van der Waals surface area contributed by atoms with Crippen molar-refractivity contribution in [2.75, 3.05) is 13.2 Å². The van der Waals surface area contributed by atoms with E-state index in [4.69, 9.17) is 21.1 Å². The second-order valence-corrected chi connectivity index (χ2v) is 9.95. The maximum absolute atomic E-state index is 13.6. The zero-order valence-electron chi connectivity index (χ0n) is 19.4. The van der Waals surface area contributed by atoms with E-state index in [9.17, 15) is 35.6 Å². The Bertz CT molecular complexity index is 1240. The number of carbonyl (C=O) groups excluding carboxylic acids is 2. The number of alkyl halides is 3. The number of rotatable bonds is 8. The van der Waals surface area contributed by atoms with Gasteiger partial charge in [-0.25, -0.2) is 14.0 Å². The monoisotopic (exact) mass is 559 g/mol. The quantitative estimate of drug-likeness (QED) is 0.220. The molecule has 16 heteroatoms. The molecular weight excluding hydrogens is 538 g/mol. The Kier molecular flexibility index (Phi) is 8.83. The van der Waals surface area contributed by atoms with Crippen LogP contribution in [0.25, 0.3) is 11.3 Å². The number of alkyl carbamates (subject to hydrolysis) is 1. The van der Waals surface area contributed by atoms with Crippen LogP contribution in [0.4, 0.5) is 22.4 Å². The Hall–Kier alpha value is -3.07. The molecule has 1 aromatic carbocycles. The van der Waals surface area contributed by atoms with Crippen LogP contribution in [0.2, 0.25) is 5.02 Å². The SMILES string of the molecule is CCOC(=O)c1c(OS(=O)(=O)C(F)(F)F)c(-c2ccc(F)cc2Cl)nn1CCNC(=O)OC(C)(C)C. The molecule has 1 amide bonds. The van der Waals surface area contributed by atoms with Crippen LogP contribution in [0.5, 0.6) is 5.75 Å². The van der Waals surface area contributed by atoms with Crippen LogP contribution in [0.3, 0.4) is 0 Å². The fourth-order valence-corrected chi connectivity index (χ4v) is 3.40. The predicted octanol–water partition coefficient (Wildman–Crippen LogP) is 4.27. The smallest absolute Gasteiger partial charge is 0.461 e. The van der Waals surface area contributed by atoms with E-state index in [-0.39, 0.29) is 30.3 Å². The molecule has 2 aromatic rings. The topological polar surface area (TPSA) is 126 Å². The highest BCUT2D eigenvalue weighted by molar-refractivity contribution is 7.88. The highest BCUT2D eigenvalue weighted by Crippen LogP contribution is 2.40. The maximum atomic E-state index is 13.6. The zero-order valence-corrected chi connectivity index (χ0v) is 21.0. The molecule has 1 N–H and O–H groups in total. The van der Waals surface area contributed by atoms with Gasteiger partial charge in [-0.1, -0.05) is 11.6 Å². The second-order valence-electron chi connectivity index (χ2n) is 8.01. The summed E-state index contributed by atoms with van der Waals surface area (Å²) in [6, 6.07) is 2.69. The zero-order chi connectivity index (χ0) is 27.5. The lowest BCUT2D eigenvalue weighted by Crippen LogP contribution is -2.34. The number of hydrogen-bond acceptors (Lipinski definition) is 8. The summed E-state index contributed by atoms with van der Waals surface area (Å²) in [4.78, 5) is 24.5. The lowest BCUT2D eigenvalue weighted by Gasteiger charge is -2.19. The Morgan fingerprint density at radius 1 is 1.19 bits per heavy atom. The minimum Gasteiger partial charge on any atom is -0.461 e. The molecule has 0 aliphatic heterocycles. The second kappa shape index (κ2) is 10.9. The molecule has 0 atom stereocenters. The van der Waals surface area contributed by atoms with Gasteiger partial charge in [-0.3, -0.25) is 4.68 Å². The van der Waals surface area contributed by atoms with Gasteiger partial charge < -0.3 is 19.0 Å². The van der Waals surface area contributed by atoms with Gasteiger partial charge in [-0.15, -0.1) is 0 Å². The van der Waals surface area contributed by atoms with Crippen molar-refractivity contribution >= 4 is 33.8 Å². The van der Waals surface area contributed by atoms with Crippen molar-refractivity contribution in [3.8, 4) is 17.0 Å². The lowest BCUT2D eigenvalue weighted by atomic mass is 10.1. The molecule has 0 unspecified atom stereocenters. The van der Waals surface area contributed by atoms with Crippen LogP contribution in [-0.2, 0) is 26.1 Å². The summed E-state index contributed by atoms with van der Waals surface area (Å²) in [7, 11) is -6.28. The van der Waals surface area contributed by atoms with Crippen LogP contribution in [0, 0.1) is 5.82 Å². The molecule has 0 aliphatic carbocycles. The molecule has 36 heavy (non-hydrogen) atoms. The van der Waals surface area contributed by atoms with Gasteiger partial charge in [0.05, 0.1) is 18.2 Å². The predicted molar refractivity (Wildman–Crippen MR) is 118 cm³/mol. The van der Waals surface area contributed by atoms with Crippen LogP contribution in [0.15, 0.2) is 18.2 Å². The summed E-state index contributed by atoms with van der Waals surface area (Å²) < 4.78 is 91.5. The van der Waals surface area contributed by atoms with Gasteiger partial charge in [0.2, 0.25) is 5.75 Å². The van der Waals surface area contributed by atoms with E-state index < -0.39 is 56.2 Å². The summed E-state index contributed by atoms with van der Waals surface area (Å²) in [5.41, 5.74) is -8.36. The Morgan fingerprint density at radius 2 is 1.83 bits per heavy atom. The normalized spacial score (nSPS) is 12.2. The minimum absolute atomic E-state index is 0.238. The molecule has 0 saturated carbocycles. The first kappa shape index (κ1) is 29.2. The van der Waals surface area contributed by atoms with Crippen molar-refractivity contribution in [1.29, 1.82) is 0 Å². The number of nitrogens with zero attached hydrogens (tertiary/aromatic N) is 2. The Morgan fingerprint density at radius 3 is 2.36 bits per heavy atom. The van der Waals surface area contributed by atoms with Gasteiger partial charge in [0.1, 0.15) is 17.1 Å². The number of esters is 1. The highest BCUT2D eigenvalue weighted by atomic mass is 35.5. The number of hydrogen-bond donors (Lipinski definition) is 1. The largest absolute Gasteiger partial charge is 0.534 e. The van der Waals surface area contributed by atoms with Gasteiger partial charge in [0.25, 0.3) is 0 Å². The number of aromatic nitrogens is 2. The molecule has 200 valence electrons. The van der Waals surface area contributed by atoms with Crippen molar-refractivity contribution in [3.05, 3.63) is 34.7 Å². The molecule has 0 aliphatic rings.